The van der Waals surface area contributed by atoms with Crippen LogP contribution in [0.25, 0.3) is 0 Å². The molecule has 0 amide bonds. The molecule has 0 saturated carbocycles. The predicted octanol–water partition coefficient (Wildman–Crippen LogP) is 0.0517. The van der Waals surface area contributed by atoms with Gasteiger partial charge in [-0.2, -0.15) is 12.6 Å². The minimum Gasteiger partial charge on any atom is -0.481 e. The fourth-order valence-electron chi connectivity index (χ4n) is 1.57. The monoisotopic (exact) mass is 224 g/mol. The van der Waals surface area contributed by atoms with Gasteiger partial charge in [-0.3, -0.25) is 4.79 Å². The molecule has 0 aromatic heterocycles. The van der Waals surface area contributed by atoms with Crippen molar-refractivity contribution in [2.45, 2.75) is 6.42 Å². The van der Waals surface area contributed by atoms with Crippen LogP contribution in [0.15, 0.2) is 0 Å². The molecule has 1 N–H and O–H groups in total. The quantitative estimate of drug-likeness (QED) is 0.665. The lowest BCUT2D eigenvalue weighted by atomic mass is 9.94. The summed E-state index contributed by atoms with van der Waals surface area (Å²) in [6, 6.07) is 0. The number of rotatable bonds is 3. The molecule has 13 heavy (non-hydrogen) atoms. The molecule has 2 atom stereocenters. The average Bonchev–Trinajstić information content (AvgIpc) is 2.31. The Morgan fingerprint density at radius 2 is 2.23 bits per heavy atom. The van der Waals surface area contributed by atoms with Crippen molar-refractivity contribution < 1.29 is 18.3 Å². The van der Waals surface area contributed by atoms with Crippen LogP contribution in [0, 0.1) is 11.8 Å². The summed E-state index contributed by atoms with van der Waals surface area (Å²) in [4.78, 5) is 10.7. The van der Waals surface area contributed by atoms with Crippen LogP contribution in [0.5, 0.6) is 0 Å². The molecule has 0 aromatic rings. The van der Waals surface area contributed by atoms with Crippen LogP contribution in [0.1, 0.15) is 6.42 Å². The van der Waals surface area contributed by atoms with Crippen LogP contribution in [0.2, 0.25) is 0 Å². The van der Waals surface area contributed by atoms with Crippen LogP contribution in [0.3, 0.4) is 0 Å². The first kappa shape index (κ1) is 10.8. The van der Waals surface area contributed by atoms with Crippen molar-refractivity contribution in [3.05, 3.63) is 0 Å². The van der Waals surface area contributed by atoms with E-state index in [4.69, 9.17) is 5.11 Å². The van der Waals surface area contributed by atoms with E-state index in [1.54, 1.807) is 0 Å². The first-order valence-electron chi connectivity index (χ1n) is 4.00. The molecule has 4 nitrogen and oxygen atoms in total. The number of carboxylic acids is 1. The minimum atomic E-state index is -2.98. The molecule has 2 unspecified atom stereocenters. The summed E-state index contributed by atoms with van der Waals surface area (Å²) >= 11 is 3.91. The van der Waals surface area contributed by atoms with E-state index in [0.29, 0.717) is 6.42 Å². The maximum absolute atomic E-state index is 11.1. The number of aliphatic carboxylic acids is 1. The summed E-state index contributed by atoms with van der Waals surface area (Å²) in [5, 5.41) is 8.76. The third-order valence-corrected chi connectivity index (χ3v) is 4.54. The summed E-state index contributed by atoms with van der Waals surface area (Å²) in [6.07, 6.45) is 0.458. The third-order valence-electron chi connectivity index (χ3n) is 2.35. The third kappa shape index (κ3) is 2.60. The van der Waals surface area contributed by atoms with Gasteiger partial charge in [-0.25, -0.2) is 8.42 Å². The largest absolute Gasteiger partial charge is 0.481 e. The van der Waals surface area contributed by atoms with Gasteiger partial charge in [-0.05, 0) is 12.3 Å². The topological polar surface area (TPSA) is 71.4 Å². The van der Waals surface area contributed by atoms with Gasteiger partial charge in [0.05, 0.1) is 17.4 Å². The zero-order chi connectivity index (χ0) is 10.1. The van der Waals surface area contributed by atoms with Gasteiger partial charge >= 0.3 is 5.97 Å². The highest BCUT2D eigenvalue weighted by molar-refractivity contribution is 7.91. The van der Waals surface area contributed by atoms with Gasteiger partial charge in [0.15, 0.2) is 9.84 Å². The lowest BCUT2D eigenvalue weighted by Crippen LogP contribution is -2.26. The molecule has 1 aliphatic rings. The molecule has 76 valence electrons. The van der Waals surface area contributed by atoms with Crippen molar-refractivity contribution in [3.8, 4) is 0 Å². The lowest BCUT2D eigenvalue weighted by Gasteiger charge is -2.14. The van der Waals surface area contributed by atoms with Crippen LogP contribution in [-0.4, -0.2) is 36.8 Å². The highest BCUT2D eigenvalue weighted by atomic mass is 32.2. The van der Waals surface area contributed by atoms with E-state index >= 15 is 0 Å². The lowest BCUT2D eigenvalue weighted by molar-refractivity contribution is -0.142. The van der Waals surface area contributed by atoms with E-state index in [2.05, 4.69) is 12.6 Å². The maximum Gasteiger partial charge on any atom is 0.307 e. The van der Waals surface area contributed by atoms with Gasteiger partial charge in [0.2, 0.25) is 0 Å². The van der Waals surface area contributed by atoms with Crippen molar-refractivity contribution in [3.63, 3.8) is 0 Å². The molecule has 1 saturated heterocycles. The Balaban J connectivity index is 2.69. The highest BCUT2D eigenvalue weighted by Gasteiger charge is 2.36. The molecule has 6 heteroatoms. The van der Waals surface area contributed by atoms with E-state index < -0.39 is 21.7 Å². The summed E-state index contributed by atoms with van der Waals surface area (Å²) < 4.78 is 22.1. The van der Waals surface area contributed by atoms with Gasteiger partial charge < -0.3 is 5.11 Å². The number of sulfone groups is 1. The molecule has 0 bridgehead atoms. The van der Waals surface area contributed by atoms with Crippen molar-refractivity contribution in [2.24, 2.45) is 11.8 Å². The van der Waals surface area contributed by atoms with Crippen LogP contribution >= 0.6 is 12.6 Å². The number of carbonyl (C=O) groups is 1. The first-order chi connectivity index (χ1) is 5.96. The molecule has 0 radical (unpaired) electrons. The van der Waals surface area contributed by atoms with Crippen LogP contribution in [0.4, 0.5) is 0 Å². The standard InChI is InChI=1S/C7H12O4S2/c8-7(9)6(3-12)5-1-2-13(10,11)4-5/h5-6,12H,1-4H2,(H,8,9). The second kappa shape index (κ2) is 3.88. The van der Waals surface area contributed by atoms with E-state index in [1.165, 1.54) is 0 Å². The van der Waals surface area contributed by atoms with Crippen molar-refractivity contribution >= 4 is 28.4 Å². The predicted molar refractivity (Wildman–Crippen MR) is 51.7 cm³/mol. The second-order valence-corrected chi connectivity index (χ2v) is 5.88. The smallest absolute Gasteiger partial charge is 0.307 e. The van der Waals surface area contributed by atoms with Gasteiger partial charge in [-0.1, -0.05) is 0 Å². The van der Waals surface area contributed by atoms with Crippen molar-refractivity contribution in [1.82, 2.24) is 0 Å². The minimum absolute atomic E-state index is 0.00449. The number of thiol groups is 1. The summed E-state index contributed by atoms with van der Waals surface area (Å²) in [5.74, 6) is -1.49. The van der Waals surface area contributed by atoms with E-state index in [-0.39, 0.29) is 23.2 Å². The Kier molecular flexibility index (Phi) is 3.23. The molecule has 1 heterocycles. The molecular weight excluding hydrogens is 212 g/mol. The van der Waals surface area contributed by atoms with Crippen LogP contribution < -0.4 is 0 Å². The van der Waals surface area contributed by atoms with Crippen LogP contribution in [-0.2, 0) is 14.6 Å². The Morgan fingerprint density at radius 1 is 1.62 bits per heavy atom. The zero-order valence-corrected chi connectivity index (χ0v) is 8.72. The Morgan fingerprint density at radius 3 is 2.54 bits per heavy atom. The fourth-order valence-corrected chi connectivity index (χ4v) is 3.90. The second-order valence-electron chi connectivity index (χ2n) is 3.29. The first-order valence-corrected chi connectivity index (χ1v) is 6.46. The number of hydrogen-bond donors (Lipinski definition) is 2. The van der Waals surface area contributed by atoms with Gasteiger partial charge in [0.1, 0.15) is 0 Å². The molecule has 0 spiro atoms. The summed E-state index contributed by atoms with van der Waals surface area (Å²) in [7, 11) is -2.98. The molecule has 1 fully saturated rings. The van der Waals surface area contributed by atoms with E-state index in [0.717, 1.165) is 0 Å². The Labute approximate surface area is 82.7 Å². The summed E-state index contributed by atoms with van der Waals surface area (Å²) in [5.41, 5.74) is 0. The summed E-state index contributed by atoms with van der Waals surface area (Å²) in [6.45, 7) is 0. The van der Waals surface area contributed by atoms with E-state index in [9.17, 15) is 13.2 Å². The molecule has 0 aromatic carbocycles. The van der Waals surface area contributed by atoms with E-state index in [1.807, 2.05) is 0 Å². The molecule has 1 aliphatic heterocycles. The Bertz CT molecular complexity index is 296. The normalized spacial score (nSPS) is 28.5. The molecular formula is C7H12O4S2. The van der Waals surface area contributed by atoms with Gasteiger partial charge in [0, 0.05) is 5.75 Å². The SMILES string of the molecule is O=C(O)C(CS)C1CCS(=O)(=O)C1. The average molecular weight is 224 g/mol. The molecule has 0 aliphatic carbocycles. The van der Waals surface area contributed by atoms with Gasteiger partial charge in [-0.15, -0.1) is 0 Å². The van der Waals surface area contributed by atoms with Crippen molar-refractivity contribution in [1.29, 1.82) is 0 Å². The maximum atomic E-state index is 11.1. The number of carboxylic acid groups (broad SMARTS) is 1. The van der Waals surface area contributed by atoms with Crippen molar-refractivity contribution in [2.75, 3.05) is 17.3 Å². The zero-order valence-electron chi connectivity index (χ0n) is 7.01. The van der Waals surface area contributed by atoms with Gasteiger partial charge in [0.25, 0.3) is 0 Å². The fraction of sp³-hybridized carbons (Fsp3) is 0.857. The number of hydrogen-bond acceptors (Lipinski definition) is 4. The molecule has 1 rings (SSSR count). The highest BCUT2D eigenvalue weighted by Crippen LogP contribution is 2.26. The Hall–Kier alpha value is -0.230.